The van der Waals surface area contributed by atoms with Gasteiger partial charge in [-0.05, 0) is 64.6 Å². The van der Waals surface area contributed by atoms with Gasteiger partial charge in [-0.15, -0.1) is 0 Å². The number of hydrogen-bond donors (Lipinski definition) is 1. The Morgan fingerprint density at radius 1 is 1.23 bits per heavy atom. The van der Waals surface area contributed by atoms with Crippen molar-refractivity contribution in [3.63, 3.8) is 0 Å². The Morgan fingerprint density at radius 2 is 2.08 bits per heavy atom. The van der Waals surface area contributed by atoms with Crippen LogP contribution in [0.1, 0.15) is 52.1 Å². The van der Waals surface area contributed by atoms with Crippen LogP contribution in [0.3, 0.4) is 0 Å². The normalized spacial score (nSPS) is 19.7. The molecule has 5 heteroatoms. The SMILES string of the molecule is CNC1CCCN(C(=O)c2nn(-c3ccc(C)cc3C)c3c2CCC3)C1. The van der Waals surface area contributed by atoms with Gasteiger partial charge in [-0.25, -0.2) is 4.68 Å². The van der Waals surface area contributed by atoms with E-state index in [1.165, 1.54) is 22.4 Å². The summed E-state index contributed by atoms with van der Waals surface area (Å²) in [5.74, 6) is 0.103. The Labute approximate surface area is 155 Å². The summed E-state index contributed by atoms with van der Waals surface area (Å²) in [5.41, 5.74) is 6.62. The van der Waals surface area contributed by atoms with Crippen LogP contribution in [-0.4, -0.2) is 46.8 Å². The molecule has 1 amide bonds. The predicted octanol–water partition coefficient (Wildman–Crippen LogP) is 2.80. The average Bonchev–Trinajstić information content (AvgIpc) is 3.24. The molecular weight excluding hydrogens is 324 g/mol. The zero-order valence-corrected chi connectivity index (χ0v) is 16.0. The molecule has 1 aliphatic heterocycles. The lowest BCUT2D eigenvalue weighted by Crippen LogP contribution is -2.47. The molecule has 1 aromatic carbocycles. The number of nitrogens with zero attached hydrogens (tertiary/aromatic N) is 3. The highest BCUT2D eigenvalue weighted by molar-refractivity contribution is 5.94. The minimum atomic E-state index is 0.103. The number of hydrogen-bond acceptors (Lipinski definition) is 3. The number of fused-ring (bicyclic) bond motifs is 1. The smallest absolute Gasteiger partial charge is 0.274 e. The van der Waals surface area contributed by atoms with Crippen molar-refractivity contribution in [2.75, 3.05) is 20.1 Å². The number of carbonyl (C=O) groups is 1. The van der Waals surface area contributed by atoms with E-state index in [2.05, 4.69) is 37.4 Å². The van der Waals surface area contributed by atoms with Crippen LogP contribution in [0.4, 0.5) is 0 Å². The number of amides is 1. The summed E-state index contributed by atoms with van der Waals surface area (Å²) in [6.07, 6.45) is 5.26. The summed E-state index contributed by atoms with van der Waals surface area (Å²) in [7, 11) is 1.98. The number of benzene rings is 1. The molecule has 1 saturated heterocycles. The van der Waals surface area contributed by atoms with E-state index in [-0.39, 0.29) is 5.91 Å². The van der Waals surface area contributed by atoms with Crippen LogP contribution in [0.25, 0.3) is 5.69 Å². The van der Waals surface area contributed by atoms with Crippen LogP contribution in [0.15, 0.2) is 18.2 Å². The molecule has 2 heterocycles. The van der Waals surface area contributed by atoms with Gasteiger partial charge in [0.25, 0.3) is 5.91 Å². The van der Waals surface area contributed by atoms with Gasteiger partial charge in [0.15, 0.2) is 5.69 Å². The Morgan fingerprint density at radius 3 is 2.85 bits per heavy atom. The van der Waals surface area contributed by atoms with Gasteiger partial charge in [-0.2, -0.15) is 5.10 Å². The molecule has 1 N–H and O–H groups in total. The number of aromatic nitrogens is 2. The summed E-state index contributed by atoms with van der Waals surface area (Å²) < 4.78 is 2.03. The second-order valence-corrected chi connectivity index (χ2v) is 7.71. The third-order valence-corrected chi connectivity index (χ3v) is 5.83. The van der Waals surface area contributed by atoms with Crippen LogP contribution in [-0.2, 0) is 12.8 Å². The van der Waals surface area contributed by atoms with Gasteiger partial charge >= 0.3 is 0 Å². The van der Waals surface area contributed by atoms with Gasteiger partial charge in [0.05, 0.1) is 5.69 Å². The lowest BCUT2D eigenvalue weighted by atomic mass is 10.0. The fourth-order valence-corrected chi connectivity index (χ4v) is 4.40. The molecular formula is C21H28N4O. The summed E-state index contributed by atoms with van der Waals surface area (Å²) >= 11 is 0. The van der Waals surface area contributed by atoms with Crippen molar-refractivity contribution >= 4 is 5.91 Å². The van der Waals surface area contributed by atoms with Crippen molar-refractivity contribution in [1.29, 1.82) is 0 Å². The zero-order valence-electron chi connectivity index (χ0n) is 16.0. The van der Waals surface area contributed by atoms with Crippen LogP contribution in [0.5, 0.6) is 0 Å². The standard InChI is InChI=1S/C21H28N4O/c1-14-9-10-18(15(2)12-14)25-19-8-4-7-17(19)20(23-25)21(26)24-11-5-6-16(13-24)22-3/h9-10,12,16,22H,4-8,11,13H2,1-3H3. The molecule has 138 valence electrons. The Hall–Kier alpha value is -2.14. The first-order valence-corrected chi connectivity index (χ1v) is 9.73. The van der Waals surface area contributed by atoms with Crippen molar-refractivity contribution in [3.05, 3.63) is 46.3 Å². The number of likely N-dealkylation sites (N-methyl/N-ethyl adjacent to an activating group) is 1. The fourth-order valence-electron chi connectivity index (χ4n) is 4.40. The molecule has 5 nitrogen and oxygen atoms in total. The summed E-state index contributed by atoms with van der Waals surface area (Å²) in [6, 6.07) is 6.82. The van der Waals surface area contributed by atoms with Crippen molar-refractivity contribution in [2.45, 2.75) is 52.0 Å². The molecule has 0 radical (unpaired) electrons. The quantitative estimate of drug-likeness (QED) is 0.924. The maximum absolute atomic E-state index is 13.2. The molecule has 0 spiro atoms. The Bertz CT molecular complexity index is 839. The predicted molar refractivity (Wildman–Crippen MR) is 103 cm³/mol. The molecule has 4 rings (SSSR count). The van der Waals surface area contributed by atoms with Crippen molar-refractivity contribution in [1.82, 2.24) is 20.0 Å². The Balaban J connectivity index is 1.71. The molecule has 1 aromatic heterocycles. The number of piperidine rings is 1. The van der Waals surface area contributed by atoms with E-state index < -0.39 is 0 Å². The second-order valence-electron chi connectivity index (χ2n) is 7.71. The topological polar surface area (TPSA) is 50.2 Å². The molecule has 1 unspecified atom stereocenters. The van der Waals surface area contributed by atoms with Crippen LogP contribution >= 0.6 is 0 Å². The first kappa shape index (κ1) is 17.3. The maximum Gasteiger partial charge on any atom is 0.274 e. The van der Waals surface area contributed by atoms with Crippen molar-refractivity contribution in [2.24, 2.45) is 0 Å². The Kier molecular flexibility index (Phi) is 4.57. The highest BCUT2D eigenvalue weighted by Crippen LogP contribution is 2.30. The summed E-state index contributed by atoms with van der Waals surface area (Å²) in [6.45, 7) is 5.84. The van der Waals surface area contributed by atoms with E-state index in [4.69, 9.17) is 5.10 Å². The zero-order chi connectivity index (χ0) is 18.3. The first-order valence-electron chi connectivity index (χ1n) is 9.73. The van der Waals surface area contributed by atoms with Crippen LogP contribution in [0.2, 0.25) is 0 Å². The van der Waals surface area contributed by atoms with Gasteiger partial charge in [-0.3, -0.25) is 4.79 Å². The number of rotatable bonds is 3. The maximum atomic E-state index is 13.2. The molecule has 26 heavy (non-hydrogen) atoms. The molecule has 1 aliphatic carbocycles. The minimum absolute atomic E-state index is 0.103. The van der Waals surface area contributed by atoms with Gasteiger partial charge in [0.2, 0.25) is 0 Å². The van der Waals surface area contributed by atoms with Crippen molar-refractivity contribution in [3.8, 4) is 5.69 Å². The van der Waals surface area contributed by atoms with E-state index >= 15 is 0 Å². The van der Waals surface area contributed by atoms with Gasteiger partial charge in [0, 0.05) is 30.4 Å². The number of aryl methyl sites for hydroxylation is 2. The monoisotopic (exact) mass is 352 g/mol. The third kappa shape index (κ3) is 2.94. The summed E-state index contributed by atoms with van der Waals surface area (Å²) in [5, 5.41) is 8.14. The van der Waals surface area contributed by atoms with Crippen LogP contribution < -0.4 is 5.32 Å². The number of carbonyl (C=O) groups excluding carboxylic acids is 1. The van der Waals surface area contributed by atoms with E-state index in [9.17, 15) is 4.79 Å². The third-order valence-electron chi connectivity index (χ3n) is 5.83. The second kappa shape index (κ2) is 6.88. The van der Waals surface area contributed by atoms with Crippen LogP contribution in [0, 0.1) is 13.8 Å². The molecule has 0 saturated carbocycles. The van der Waals surface area contributed by atoms with Gasteiger partial charge < -0.3 is 10.2 Å². The van der Waals surface area contributed by atoms with Crippen molar-refractivity contribution < 1.29 is 4.79 Å². The summed E-state index contributed by atoms with van der Waals surface area (Å²) in [4.78, 5) is 15.2. The highest BCUT2D eigenvalue weighted by atomic mass is 16.2. The minimum Gasteiger partial charge on any atom is -0.336 e. The van der Waals surface area contributed by atoms with Gasteiger partial charge in [-0.1, -0.05) is 17.7 Å². The first-order chi connectivity index (χ1) is 12.6. The lowest BCUT2D eigenvalue weighted by molar-refractivity contribution is 0.0690. The molecule has 2 aromatic rings. The van der Waals surface area contributed by atoms with Gasteiger partial charge in [0.1, 0.15) is 0 Å². The number of likely N-dealkylation sites (tertiary alicyclic amines) is 1. The van der Waals surface area contributed by atoms with E-state index in [0.29, 0.717) is 11.7 Å². The molecule has 1 atom stereocenters. The molecule has 1 fully saturated rings. The number of nitrogens with one attached hydrogen (secondary N) is 1. The van der Waals surface area contributed by atoms with E-state index in [0.717, 1.165) is 50.9 Å². The van der Waals surface area contributed by atoms with E-state index in [1.54, 1.807) is 0 Å². The molecule has 2 aliphatic rings. The average molecular weight is 352 g/mol. The largest absolute Gasteiger partial charge is 0.336 e. The molecule has 0 bridgehead atoms. The highest BCUT2D eigenvalue weighted by Gasteiger charge is 2.31. The van der Waals surface area contributed by atoms with E-state index in [1.807, 2.05) is 16.6 Å². The fraction of sp³-hybridized carbons (Fsp3) is 0.524. The lowest BCUT2D eigenvalue weighted by Gasteiger charge is -2.32.